The summed E-state index contributed by atoms with van der Waals surface area (Å²) in [5.74, 6) is 0.909. The third-order valence-corrected chi connectivity index (χ3v) is 5.75. The minimum atomic E-state index is 0.0224. The molecular formula is C23H22N8O. The van der Waals surface area contributed by atoms with E-state index in [2.05, 4.69) is 25.5 Å². The molecule has 0 unspecified atom stereocenters. The summed E-state index contributed by atoms with van der Waals surface area (Å²) < 4.78 is 1.56. The number of aromatic nitrogens is 7. The average Bonchev–Trinajstić information content (AvgIpc) is 3.39. The van der Waals surface area contributed by atoms with Gasteiger partial charge in [-0.25, -0.2) is 14.6 Å². The molecule has 9 nitrogen and oxygen atoms in total. The number of likely N-dealkylation sites (tertiary alicyclic amines) is 1. The van der Waals surface area contributed by atoms with Gasteiger partial charge >= 0.3 is 0 Å². The smallest absolute Gasteiger partial charge is 0.253 e. The van der Waals surface area contributed by atoms with Crippen molar-refractivity contribution in [2.75, 3.05) is 13.1 Å². The lowest BCUT2D eigenvalue weighted by Gasteiger charge is -2.33. The van der Waals surface area contributed by atoms with Crippen LogP contribution in [0.4, 0.5) is 0 Å². The van der Waals surface area contributed by atoms with Crippen LogP contribution in [0.2, 0.25) is 0 Å². The van der Waals surface area contributed by atoms with Gasteiger partial charge in [-0.2, -0.15) is 0 Å². The van der Waals surface area contributed by atoms with Crippen molar-refractivity contribution in [2.45, 2.75) is 25.7 Å². The van der Waals surface area contributed by atoms with Crippen LogP contribution < -0.4 is 0 Å². The Morgan fingerprint density at radius 2 is 1.91 bits per heavy atom. The van der Waals surface area contributed by atoms with Gasteiger partial charge in [0, 0.05) is 48.7 Å². The van der Waals surface area contributed by atoms with Crippen LogP contribution in [0, 0.1) is 6.92 Å². The van der Waals surface area contributed by atoms with Gasteiger partial charge in [0.25, 0.3) is 5.91 Å². The van der Waals surface area contributed by atoms with Crippen molar-refractivity contribution in [3.63, 3.8) is 0 Å². The Balaban J connectivity index is 1.38. The number of aryl methyl sites for hydroxylation is 1. The molecular weight excluding hydrogens is 404 g/mol. The zero-order chi connectivity index (χ0) is 21.9. The summed E-state index contributed by atoms with van der Waals surface area (Å²) in [4.78, 5) is 28.5. The lowest BCUT2D eigenvalue weighted by molar-refractivity contribution is 0.0706. The highest BCUT2D eigenvalue weighted by Gasteiger charge is 2.28. The van der Waals surface area contributed by atoms with Gasteiger partial charge in [-0.15, -0.1) is 5.10 Å². The Morgan fingerprint density at radius 1 is 1.09 bits per heavy atom. The molecule has 1 aliphatic heterocycles. The SMILES string of the molecule is Cc1ncc(-c2ccncc2)c([C@H]2CCCN(C(=O)c3ccc(-n4cnnn4)cc3)C2)n1. The number of carbonyl (C=O) groups is 1. The van der Waals surface area contributed by atoms with E-state index in [1.807, 2.05) is 54.4 Å². The number of hydrogen-bond acceptors (Lipinski definition) is 7. The molecule has 1 amide bonds. The molecule has 1 saturated heterocycles. The topological polar surface area (TPSA) is 103 Å². The fourth-order valence-corrected chi connectivity index (χ4v) is 4.16. The van der Waals surface area contributed by atoms with Crippen LogP contribution >= 0.6 is 0 Å². The maximum Gasteiger partial charge on any atom is 0.253 e. The minimum absolute atomic E-state index is 0.0224. The summed E-state index contributed by atoms with van der Waals surface area (Å²) in [6, 6.07) is 11.3. The van der Waals surface area contributed by atoms with Crippen LogP contribution in [0.15, 0.2) is 61.3 Å². The lowest BCUT2D eigenvalue weighted by atomic mass is 9.89. The summed E-state index contributed by atoms with van der Waals surface area (Å²) >= 11 is 0. The summed E-state index contributed by atoms with van der Waals surface area (Å²) in [6.45, 7) is 3.26. The first-order chi connectivity index (χ1) is 15.7. The van der Waals surface area contributed by atoms with Crippen LogP contribution in [0.25, 0.3) is 16.8 Å². The van der Waals surface area contributed by atoms with E-state index in [-0.39, 0.29) is 11.8 Å². The molecule has 0 bridgehead atoms. The molecule has 32 heavy (non-hydrogen) atoms. The molecule has 4 aromatic rings. The highest BCUT2D eigenvalue weighted by Crippen LogP contribution is 2.33. The van der Waals surface area contributed by atoms with Crippen LogP contribution in [-0.2, 0) is 0 Å². The van der Waals surface area contributed by atoms with Gasteiger partial charge in [-0.05, 0) is 72.2 Å². The molecule has 0 spiro atoms. The Bertz CT molecular complexity index is 1210. The van der Waals surface area contributed by atoms with Crippen LogP contribution in [0.5, 0.6) is 0 Å². The number of tetrazole rings is 1. The van der Waals surface area contributed by atoms with Crippen molar-refractivity contribution in [1.82, 2.24) is 40.1 Å². The van der Waals surface area contributed by atoms with E-state index in [0.29, 0.717) is 12.1 Å². The first-order valence-electron chi connectivity index (χ1n) is 10.6. The van der Waals surface area contributed by atoms with Crippen molar-refractivity contribution in [3.8, 4) is 16.8 Å². The average molecular weight is 426 g/mol. The van der Waals surface area contributed by atoms with E-state index >= 15 is 0 Å². The van der Waals surface area contributed by atoms with E-state index in [4.69, 9.17) is 4.98 Å². The lowest BCUT2D eigenvalue weighted by Crippen LogP contribution is -2.39. The van der Waals surface area contributed by atoms with Gasteiger partial charge in [-0.3, -0.25) is 9.78 Å². The molecule has 0 saturated carbocycles. The highest BCUT2D eigenvalue weighted by atomic mass is 16.2. The summed E-state index contributed by atoms with van der Waals surface area (Å²) in [5.41, 5.74) is 4.49. The first kappa shape index (κ1) is 19.9. The Labute approximate surface area is 185 Å². The maximum atomic E-state index is 13.2. The molecule has 3 aromatic heterocycles. The summed E-state index contributed by atoms with van der Waals surface area (Å²) in [7, 11) is 0. The number of carbonyl (C=O) groups excluding carboxylic acids is 1. The Kier molecular flexibility index (Phi) is 5.37. The van der Waals surface area contributed by atoms with E-state index in [1.165, 1.54) is 6.33 Å². The van der Waals surface area contributed by atoms with Crippen molar-refractivity contribution < 1.29 is 4.79 Å². The number of piperidine rings is 1. The van der Waals surface area contributed by atoms with E-state index in [1.54, 1.807) is 17.1 Å². The van der Waals surface area contributed by atoms with Gasteiger partial charge in [0.05, 0.1) is 11.4 Å². The van der Waals surface area contributed by atoms with Crippen molar-refractivity contribution in [1.29, 1.82) is 0 Å². The number of nitrogens with zero attached hydrogens (tertiary/aromatic N) is 8. The van der Waals surface area contributed by atoms with Crippen molar-refractivity contribution >= 4 is 5.91 Å². The minimum Gasteiger partial charge on any atom is -0.338 e. The Morgan fingerprint density at radius 3 is 2.66 bits per heavy atom. The van der Waals surface area contributed by atoms with Gasteiger partial charge in [0.15, 0.2) is 0 Å². The van der Waals surface area contributed by atoms with Crippen LogP contribution in [0.1, 0.15) is 40.6 Å². The zero-order valence-corrected chi connectivity index (χ0v) is 17.7. The third kappa shape index (κ3) is 3.96. The van der Waals surface area contributed by atoms with Crippen LogP contribution in [0.3, 0.4) is 0 Å². The first-order valence-corrected chi connectivity index (χ1v) is 10.6. The molecule has 0 radical (unpaired) electrons. The van der Waals surface area contributed by atoms with E-state index in [0.717, 1.165) is 47.7 Å². The molecule has 5 rings (SSSR count). The second kappa shape index (κ2) is 8.62. The predicted octanol–water partition coefficient (Wildman–Crippen LogP) is 2.84. The fraction of sp³-hybridized carbons (Fsp3) is 0.261. The van der Waals surface area contributed by atoms with Gasteiger partial charge in [0.2, 0.25) is 0 Å². The zero-order valence-electron chi connectivity index (χ0n) is 17.7. The second-order valence-electron chi connectivity index (χ2n) is 7.84. The maximum absolute atomic E-state index is 13.2. The normalized spacial score (nSPS) is 16.2. The van der Waals surface area contributed by atoms with Gasteiger partial charge < -0.3 is 4.90 Å². The molecule has 1 aromatic carbocycles. The highest BCUT2D eigenvalue weighted by molar-refractivity contribution is 5.94. The second-order valence-corrected chi connectivity index (χ2v) is 7.84. The number of rotatable bonds is 4. The molecule has 1 atom stereocenters. The van der Waals surface area contributed by atoms with Gasteiger partial charge in [-0.1, -0.05) is 0 Å². The molecule has 4 heterocycles. The fourth-order valence-electron chi connectivity index (χ4n) is 4.16. The number of pyridine rings is 1. The largest absolute Gasteiger partial charge is 0.338 e. The standard InChI is InChI=1S/C23H22N8O/c1-16-25-13-21(17-8-10-24-11-9-17)22(27-16)19-3-2-12-30(14-19)23(32)18-4-6-20(7-5-18)31-15-26-28-29-31/h4-11,13,15,19H,2-3,12,14H2,1H3/t19-/m0/s1. The molecule has 160 valence electrons. The summed E-state index contributed by atoms with van der Waals surface area (Å²) in [5, 5.41) is 11.2. The van der Waals surface area contributed by atoms with Crippen molar-refractivity contribution in [2.24, 2.45) is 0 Å². The molecule has 9 heteroatoms. The summed E-state index contributed by atoms with van der Waals surface area (Å²) in [6.07, 6.45) is 8.86. The molecule has 1 aliphatic rings. The van der Waals surface area contributed by atoms with Gasteiger partial charge in [0.1, 0.15) is 12.2 Å². The predicted molar refractivity (Wildman–Crippen MR) is 117 cm³/mol. The third-order valence-electron chi connectivity index (χ3n) is 5.75. The molecule has 1 fully saturated rings. The monoisotopic (exact) mass is 426 g/mol. The molecule has 0 N–H and O–H groups in total. The number of amides is 1. The Hall–Kier alpha value is -4.01. The van der Waals surface area contributed by atoms with Crippen LogP contribution in [-0.4, -0.2) is 59.1 Å². The van der Waals surface area contributed by atoms with Crippen molar-refractivity contribution in [3.05, 3.63) is 78.4 Å². The quantitative estimate of drug-likeness (QED) is 0.494. The number of hydrogen-bond donors (Lipinski definition) is 0. The van der Waals surface area contributed by atoms with E-state index in [9.17, 15) is 4.79 Å². The number of benzene rings is 1. The van der Waals surface area contributed by atoms with E-state index < -0.39 is 0 Å². The molecule has 0 aliphatic carbocycles.